The Hall–Kier alpha value is -1.33. The topological polar surface area (TPSA) is 35.8 Å². The second kappa shape index (κ2) is 3.89. The van der Waals surface area contributed by atoms with Gasteiger partial charge in [0, 0.05) is 6.04 Å². The molecule has 62 valence electrons. The van der Waals surface area contributed by atoms with Crippen LogP contribution in [0.1, 0.15) is 24.1 Å². The summed E-state index contributed by atoms with van der Waals surface area (Å²) < 4.78 is 0. The van der Waals surface area contributed by atoms with Crippen LogP contribution in [-0.2, 0) is 0 Å². The van der Waals surface area contributed by atoms with Crippen molar-refractivity contribution in [3.8, 4) is 6.07 Å². The lowest BCUT2D eigenvalue weighted by molar-refractivity contribution is 0.652. The summed E-state index contributed by atoms with van der Waals surface area (Å²) in [6, 6.07) is 10.1. The number of nitriles is 1. The normalized spacial score (nSPS) is 12.1. The molecule has 0 aliphatic heterocycles. The third kappa shape index (κ3) is 1.84. The van der Waals surface area contributed by atoms with Crippen molar-refractivity contribution in [2.75, 3.05) is 7.05 Å². The molecular weight excluding hydrogens is 148 g/mol. The lowest BCUT2D eigenvalue weighted by Gasteiger charge is -2.09. The van der Waals surface area contributed by atoms with Gasteiger partial charge < -0.3 is 5.32 Å². The quantitative estimate of drug-likeness (QED) is 0.716. The summed E-state index contributed by atoms with van der Waals surface area (Å²) in [6.07, 6.45) is 0. The van der Waals surface area contributed by atoms with E-state index in [1.54, 1.807) is 0 Å². The monoisotopic (exact) mass is 160 g/mol. The first-order chi connectivity index (χ1) is 5.77. The van der Waals surface area contributed by atoms with Gasteiger partial charge in [-0.2, -0.15) is 5.26 Å². The van der Waals surface area contributed by atoms with Crippen molar-refractivity contribution in [2.24, 2.45) is 0 Å². The summed E-state index contributed by atoms with van der Waals surface area (Å²) in [5, 5.41) is 11.8. The van der Waals surface area contributed by atoms with Crippen LogP contribution in [0.4, 0.5) is 0 Å². The Morgan fingerprint density at radius 1 is 1.50 bits per heavy atom. The molecule has 0 bridgehead atoms. The molecule has 1 rings (SSSR count). The van der Waals surface area contributed by atoms with Gasteiger partial charge in [-0.3, -0.25) is 0 Å². The van der Waals surface area contributed by atoms with Crippen LogP contribution in [0.25, 0.3) is 0 Å². The molecule has 0 aromatic heterocycles. The number of benzene rings is 1. The maximum atomic E-state index is 8.65. The van der Waals surface area contributed by atoms with Crippen LogP contribution < -0.4 is 5.32 Å². The molecule has 0 radical (unpaired) electrons. The van der Waals surface area contributed by atoms with Crippen LogP contribution in [0.15, 0.2) is 24.3 Å². The molecule has 12 heavy (non-hydrogen) atoms. The molecule has 0 heterocycles. The molecule has 0 amide bonds. The summed E-state index contributed by atoms with van der Waals surface area (Å²) in [6.45, 7) is 2.07. The summed E-state index contributed by atoms with van der Waals surface area (Å²) in [4.78, 5) is 0. The van der Waals surface area contributed by atoms with Crippen LogP contribution in [0.2, 0.25) is 0 Å². The Labute approximate surface area is 72.8 Å². The van der Waals surface area contributed by atoms with Gasteiger partial charge >= 0.3 is 0 Å². The van der Waals surface area contributed by atoms with Gasteiger partial charge in [-0.15, -0.1) is 0 Å². The highest BCUT2D eigenvalue weighted by Gasteiger charge is 2.01. The molecule has 2 nitrogen and oxygen atoms in total. The van der Waals surface area contributed by atoms with Crippen molar-refractivity contribution >= 4 is 0 Å². The van der Waals surface area contributed by atoms with Crippen LogP contribution in [0, 0.1) is 11.3 Å². The maximum absolute atomic E-state index is 8.65. The van der Waals surface area contributed by atoms with Gasteiger partial charge in [-0.1, -0.05) is 12.1 Å². The van der Waals surface area contributed by atoms with Crippen LogP contribution in [0.3, 0.4) is 0 Å². The standard InChI is InChI=1S/C10H12N2/c1-8(12-2)10-5-3-4-9(6-10)7-11/h3-6,8,12H,1-2H3/t8-/m1/s1. The van der Waals surface area contributed by atoms with Gasteiger partial charge in [0.2, 0.25) is 0 Å². The van der Waals surface area contributed by atoms with E-state index in [0.29, 0.717) is 6.04 Å². The summed E-state index contributed by atoms with van der Waals surface area (Å²) >= 11 is 0. The Balaban J connectivity index is 2.95. The number of nitrogens with zero attached hydrogens (tertiary/aromatic N) is 1. The molecule has 0 saturated heterocycles. The lowest BCUT2D eigenvalue weighted by atomic mass is 10.1. The highest BCUT2D eigenvalue weighted by molar-refractivity contribution is 5.33. The lowest BCUT2D eigenvalue weighted by Crippen LogP contribution is -2.12. The Kier molecular flexibility index (Phi) is 2.84. The molecule has 1 N–H and O–H groups in total. The van der Waals surface area contributed by atoms with Gasteiger partial charge in [0.25, 0.3) is 0 Å². The number of hydrogen-bond donors (Lipinski definition) is 1. The number of nitrogens with one attached hydrogen (secondary N) is 1. The summed E-state index contributed by atoms with van der Waals surface area (Å²) in [7, 11) is 1.91. The molecule has 0 aliphatic rings. The van der Waals surface area contributed by atoms with Gasteiger partial charge in [0.15, 0.2) is 0 Å². The van der Waals surface area contributed by atoms with Crippen LogP contribution in [-0.4, -0.2) is 7.05 Å². The molecule has 1 aromatic carbocycles. The number of hydrogen-bond acceptors (Lipinski definition) is 2. The van der Waals surface area contributed by atoms with Crippen LogP contribution >= 0.6 is 0 Å². The zero-order valence-electron chi connectivity index (χ0n) is 7.33. The molecule has 0 saturated carbocycles. The van der Waals surface area contributed by atoms with Crippen molar-refractivity contribution in [2.45, 2.75) is 13.0 Å². The largest absolute Gasteiger partial charge is 0.313 e. The first kappa shape index (κ1) is 8.76. The van der Waals surface area contributed by atoms with E-state index >= 15 is 0 Å². The zero-order chi connectivity index (χ0) is 8.97. The van der Waals surface area contributed by atoms with E-state index in [2.05, 4.69) is 18.3 Å². The highest BCUT2D eigenvalue weighted by atomic mass is 14.8. The average molecular weight is 160 g/mol. The molecule has 0 aliphatic carbocycles. The van der Waals surface area contributed by atoms with Gasteiger partial charge in [-0.25, -0.2) is 0 Å². The molecule has 1 atom stereocenters. The maximum Gasteiger partial charge on any atom is 0.0991 e. The molecular formula is C10H12N2. The predicted octanol–water partition coefficient (Wildman–Crippen LogP) is 1.84. The Morgan fingerprint density at radius 3 is 2.83 bits per heavy atom. The predicted molar refractivity (Wildman–Crippen MR) is 48.6 cm³/mol. The second-order valence-electron chi connectivity index (χ2n) is 2.75. The SMILES string of the molecule is CN[C@H](C)c1cccc(C#N)c1. The van der Waals surface area contributed by atoms with Crippen molar-refractivity contribution < 1.29 is 0 Å². The molecule has 0 fully saturated rings. The van der Waals surface area contributed by atoms with E-state index in [1.807, 2.05) is 31.3 Å². The average Bonchev–Trinajstić information content (AvgIpc) is 2.17. The number of rotatable bonds is 2. The third-order valence-electron chi connectivity index (χ3n) is 1.95. The van der Waals surface area contributed by atoms with Crippen molar-refractivity contribution in [1.82, 2.24) is 5.32 Å². The Morgan fingerprint density at radius 2 is 2.25 bits per heavy atom. The van der Waals surface area contributed by atoms with Crippen molar-refractivity contribution in [1.29, 1.82) is 5.26 Å². The van der Waals surface area contributed by atoms with E-state index in [1.165, 1.54) is 0 Å². The fraction of sp³-hybridized carbons (Fsp3) is 0.300. The molecule has 0 spiro atoms. The highest BCUT2D eigenvalue weighted by Crippen LogP contribution is 2.12. The zero-order valence-corrected chi connectivity index (χ0v) is 7.33. The van der Waals surface area contributed by atoms with Crippen molar-refractivity contribution in [3.63, 3.8) is 0 Å². The minimum atomic E-state index is 0.304. The second-order valence-corrected chi connectivity index (χ2v) is 2.75. The van der Waals surface area contributed by atoms with E-state index in [4.69, 9.17) is 5.26 Å². The molecule has 0 unspecified atom stereocenters. The van der Waals surface area contributed by atoms with E-state index in [-0.39, 0.29) is 0 Å². The van der Waals surface area contributed by atoms with Crippen LogP contribution in [0.5, 0.6) is 0 Å². The van der Waals surface area contributed by atoms with E-state index in [9.17, 15) is 0 Å². The molecule has 1 aromatic rings. The fourth-order valence-corrected chi connectivity index (χ4v) is 1.04. The molecule has 2 heteroatoms. The smallest absolute Gasteiger partial charge is 0.0991 e. The van der Waals surface area contributed by atoms with Gasteiger partial charge in [0.1, 0.15) is 0 Å². The fourth-order valence-electron chi connectivity index (χ4n) is 1.04. The third-order valence-corrected chi connectivity index (χ3v) is 1.95. The minimum Gasteiger partial charge on any atom is -0.313 e. The first-order valence-electron chi connectivity index (χ1n) is 3.95. The minimum absolute atomic E-state index is 0.304. The Bertz CT molecular complexity index is 299. The summed E-state index contributed by atoms with van der Waals surface area (Å²) in [5.41, 5.74) is 1.87. The van der Waals surface area contributed by atoms with Gasteiger partial charge in [0.05, 0.1) is 11.6 Å². The van der Waals surface area contributed by atoms with E-state index < -0.39 is 0 Å². The van der Waals surface area contributed by atoms with Gasteiger partial charge in [-0.05, 0) is 31.7 Å². The van der Waals surface area contributed by atoms with Crippen molar-refractivity contribution in [3.05, 3.63) is 35.4 Å². The first-order valence-corrected chi connectivity index (χ1v) is 3.95. The summed E-state index contributed by atoms with van der Waals surface area (Å²) in [5.74, 6) is 0. The van der Waals surface area contributed by atoms with E-state index in [0.717, 1.165) is 11.1 Å².